The third-order valence-corrected chi connectivity index (χ3v) is 7.98. The van der Waals surface area contributed by atoms with E-state index in [-0.39, 0.29) is 16.9 Å². The highest BCUT2D eigenvalue weighted by Gasteiger charge is 2.25. The molecule has 3 aromatic heterocycles. The molecular formula is C19H24N6O2S2. The molecule has 3 aromatic rings. The predicted molar refractivity (Wildman–Crippen MR) is 112 cm³/mol. The molecule has 2 aliphatic rings. The Morgan fingerprint density at radius 2 is 2.31 bits per heavy atom. The van der Waals surface area contributed by atoms with Crippen molar-refractivity contribution in [3.05, 3.63) is 26.6 Å². The monoisotopic (exact) mass is 432 g/mol. The molecule has 0 radical (unpaired) electrons. The van der Waals surface area contributed by atoms with Crippen LogP contribution in [0.3, 0.4) is 0 Å². The van der Waals surface area contributed by atoms with Crippen molar-refractivity contribution in [2.45, 2.75) is 69.0 Å². The van der Waals surface area contributed by atoms with Crippen LogP contribution in [0.1, 0.15) is 54.6 Å². The van der Waals surface area contributed by atoms with Crippen LogP contribution in [0, 0.1) is 5.92 Å². The van der Waals surface area contributed by atoms with E-state index in [1.165, 1.54) is 22.2 Å². The van der Waals surface area contributed by atoms with Crippen LogP contribution in [0.4, 0.5) is 0 Å². The Morgan fingerprint density at radius 3 is 3.14 bits per heavy atom. The minimum Gasteiger partial charge on any atom is -0.376 e. The van der Waals surface area contributed by atoms with Crippen molar-refractivity contribution < 1.29 is 4.74 Å². The Hall–Kier alpha value is -1.78. The summed E-state index contributed by atoms with van der Waals surface area (Å²) in [4.78, 5) is 22.9. The van der Waals surface area contributed by atoms with E-state index in [0.29, 0.717) is 18.3 Å². The minimum absolute atomic E-state index is 0.0246. The Kier molecular flexibility index (Phi) is 5.17. The number of fused-ring (bicyclic) bond motifs is 3. The van der Waals surface area contributed by atoms with Crippen LogP contribution in [-0.4, -0.2) is 42.9 Å². The van der Waals surface area contributed by atoms with E-state index < -0.39 is 0 Å². The SMILES string of the molecule is CC1CCc2c(sc3nc(C(C)Sc4nnnn4CC4CCCO4)[nH]c(=O)c23)C1. The molecule has 1 aliphatic heterocycles. The van der Waals surface area contributed by atoms with E-state index in [1.807, 2.05) is 6.92 Å². The molecule has 0 amide bonds. The zero-order chi connectivity index (χ0) is 20.0. The summed E-state index contributed by atoms with van der Waals surface area (Å²) in [6, 6.07) is 0. The summed E-state index contributed by atoms with van der Waals surface area (Å²) in [5.41, 5.74) is 1.19. The average Bonchev–Trinajstić information content (AvgIpc) is 3.42. The second kappa shape index (κ2) is 7.81. The quantitative estimate of drug-likeness (QED) is 0.619. The van der Waals surface area contributed by atoms with Crippen molar-refractivity contribution in [1.82, 2.24) is 30.2 Å². The summed E-state index contributed by atoms with van der Waals surface area (Å²) in [6.07, 6.45) is 5.45. The number of hydrogen-bond acceptors (Lipinski definition) is 8. The molecule has 0 bridgehead atoms. The molecule has 0 spiro atoms. The molecule has 3 unspecified atom stereocenters. The van der Waals surface area contributed by atoms with Gasteiger partial charge in [0.15, 0.2) is 0 Å². The van der Waals surface area contributed by atoms with Gasteiger partial charge in [0.05, 0.1) is 23.3 Å². The topological polar surface area (TPSA) is 98.6 Å². The number of thiophene rings is 1. The molecule has 1 N–H and O–H groups in total. The highest BCUT2D eigenvalue weighted by atomic mass is 32.2. The number of nitrogens with zero attached hydrogens (tertiary/aromatic N) is 5. The van der Waals surface area contributed by atoms with Crippen LogP contribution < -0.4 is 5.56 Å². The van der Waals surface area contributed by atoms with Gasteiger partial charge < -0.3 is 9.72 Å². The molecule has 1 saturated heterocycles. The maximum atomic E-state index is 12.9. The normalized spacial score (nSPS) is 22.8. The molecule has 0 saturated carbocycles. The fraction of sp³-hybridized carbons (Fsp3) is 0.632. The molecule has 4 heterocycles. The summed E-state index contributed by atoms with van der Waals surface area (Å²) in [5, 5.41) is 13.5. The Balaban J connectivity index is 1.40. The van der Waals surface area contributed by atoms with Crippen LogP contribution in [0.25, 0.3) is 10.2 Å². The van der Waals surface area contributed by atoms with E-state index in [1.54, 1.807) is 16.0 Å². The molecule has 29 heavy (non-hydrogen) atoms. The highest BCUT2D eigenvalue weighted by molar-refractivity contribution is 7.99. The highest BCUT2D eigenvalue weighted by Crippen LogP contribution is 2.37. The first kappa shape index (κ1) is 19.2. The zero-order valence-corrected chi connectivity index (χ0v) is 18.2. The van der Waals surface area contributed by atoms with Crippen molar-refractivity contribution in [3.8, 4) is 0 Å². The maximum absolute atomic E-state index is 12.9. The molecule has 8 nitrogen and oxygen atoms in total. The Morgan fingerprint density at radius 1 is 1.41 bits per heavy atom. The fourth-order valence-corrected chi connectivity index (χ4v) is 6.39. The lowest BCUT2D eigenvalue weighted by atomic mass is 9.89. The van der Waals surface area contributed by atoms with Gasteiger partial charge in [-0.1, -0.05) is 18.7 Å². The molecule has 0 aromatic carbocycles. The van der Waals surface area contributed by atoms with Gasteiger partial charge in [0.25, 0.3) is 5.56 Å². The summed E-state index contributed by atoms with van der Waals surface area (Å²) in [7, 11) is 0. The summed E-state index contributed by atoms with van der Waals surface area (Å²) in [6.45, 7) is 5.76. The summed E-state index contributed by atoms with van der Waals surface area (Å²) < 4.78 is 7.49. The van der Waals surface area contributed by atoms with Crippen molar-refractivity contribution in [3.63, 3.8) is 0 Å². The molecule has 1 fully saturated rings. The number of aromatic amines is 1. The zero-order valence-electron chi connectivity index (χ0n) is 16.6. The first-order valence-corrected chi connectivity index (χ1v) is 11.9. The summed E-state index contributed by atoms with van der Waals surface area (Å²) in [5.74, 6) is 1.34. The van der Waals surface area contributed by atoms with Gasteiger partial charge in [0.1, 0.15) is 10.7 Å². The van der Waals surface area contributed by atoms with Gasteiger partial charge in [-0.3, -0.25) is 4.79 Å². The van der Waals surface area contributed by atoms with Gasteiger partial charge in [-0.15, -0.1) is 16.4 Å². The Labute approximate surface area is 176 Å². The predicted octanol–water partition coefficient (Wildman–Crippen LogP) is 3.13. The lowest BCUT2D eigenvalue weighted by Crippen LogP contribution is -2.17. The van der Waals surface area contributed by atoms with Crippen LogP contribution in [0.2, 0.25) is 0 Å². The van der Waals surface area contributed by atoms with Crippen molar-refractivity contribution in [2.75, 3.05) is 6.61 Å². The number of H-pyrrole nitrogens is 1. The van der Waals surface area contributed by atoms with E-state index in [4.69, 9.17) is 9.72 Å². The number of nitrogens with one attached hydrogen (secondary N) is 1. The van der Waals surface area contributed by atoms with Gasteiger partial charge in [-0.05, 0) is 60.9 Å². The number of thioether (sulfide) groups is 1. The number of hydrogen-bond donors (Lipinski definition) is 1. The van der Waals surface area contributed by atoms with Crippen molar-refractivity contribution >= 4 is 33.3 Å². The molecule has 5 rings (SSSR count). The third kappa shape index (κ3) is 3.73. The maximum Gasteiger partial charge on any atom is 0.259 e. The first-order valence-electron chi connectivity index (χ1n) is 10.2. The van der Waals surface area contributed by atoms with Crippen molar-refractivity contribution in [2.24, 2.45) is 5.92 Å². The molecular weight excluding hydrogens is 408 g/mol. The van der Waals surface area contributed by atoms with Gasteiger partial charge in [-0.25, -0.2) is 9.67 Å². The van der Waals surface area contributed by atoms with Gasteiger partial charge >= 0.3 is 0 Å². The molecule has 10 heteroatoms. The second-order valence-electron chi connectivity index (χ2n) is 8.02. The first-order chi connectivity index (χ1) is 14.1. The van der Waals surface area contributed by atoms with E-state index in [9.17, 15) is 4.79 Å². The average molecular weight is 433 g/mol. The third-order valence-electron chi connectivity index (χ3n) is 5.75. The van der Waals surface area contributed by atoms with Gasteiger partial charge in [0.2, 0.25) is 5.16 Å². The van der Waals surface area contributed by atoms with Crippen LogP contribution in [-0.2, 0) is 24.1 Å². The lowest BCUT2D eigenvalue weighted by Gasteiger charge is -2.17. The van der Waals surface area contributed by atoms with Crippen LogP contribution in [0.5, 0.6) is 0 Å². The number of rotatable bonds is 5. The van der Waals surface area contributed by atoms with Gasteiger partial charge in [0, 0.05) is 11.5 Å². The van der Waals surface area contributed by atoms with E-state index >= 15 is 0 Å². The van der Waals surface area contributed by atoms with E-state index in [2.05, 4.69) is 27.4 Å². The van der Waals surface area contributed by atoms with Crippen LogP contribution in [0.15, 0.2) is 9.95 Å². The Bertz CT molecular complexity index is 1080. The van der Waals surface area contributed by atoms with Crippen LogP contribution >= 0.6 is 23.1 Å². The number of tetrazole rings is 1. The molecule has 154 valence electrons. The second-order valence-corrected chi connectivity index (χ2v) is 10.4. The smallest absolute Gasteiger partial charge is 0.259 e. The van der Waals surface area contributed by atoms with Gasteiger partial charge in [-0.2, -0.15) is 0 Å². The fourth-order valence-electron chi connectivity index (χ4n) is 4.15. The molecule has 3 atom stereocenters. The number of aryl methyl sites for hydroxylation is 1. The number of ether oxygens (including phenoxy) is 1. The van der Waals surface area contributed by atoms with Crippen molar-refractivity contribution in [1.29, 1.82) is 0 Å². The summed E-state index contributed by atoms with van der Waals surface area (Å²) >= 11 is 3.19. The van der Waals surface area contributed by atoms with E-state index in [0.717, 1.165) is 54.1 Å². The molecule has 1 aliphatic carbocycles. The largest absolute Gasteiger partial charge is 0.376 e. The number of aromatic nitrogens is 6. The lowest BCUT2D eigenvalue weighted by molar-refractivity contribution is 0.0911. The standard InChI is InChI=1S/C19H24N6O2S2/c1-10-5-6-13-14(8-10)29-18-15(13)17(26)20-16(21-18)11(2)28-19-22-23-24-25(19)9-12-4-3-7-27-12/h10-12H,3-9H2,1-2H3,(H,20,21,26). The minimum atomic E-state index is -0.0700.